The first kappa shape index (κ1) is 14.1. The van der Waals surface area contributed by atoms with Crippen molar-refractivity contribution in [2.45, 2.75) is 24.2 Å². The van der Waals surface area contributed by atoms with E-state index in [1.54, 1.807) is 12.1 Å². The Bertz CT molecular complexity index is 530. The van der Waals surface area contributed by atoms with E-state index in [0.29, 0.717) is 15.7 Å². The third-order valence-corrected chi connectivity index (χ3v) is 4.78. The van der Waals surface area contributed by atoms with Gasteiger partial charge in [-0.05, 0) is 30.4 Å². The maximum absolute atomic E-state index is 10.9. The van der Waals surface area contributed by atoms with Crippen LogP contribution in [0, 0.1) is 15.5 Å². The molecule has 7 heteroatoms. The van der Waals surface area contributed by atoms with Crippen LogP contribution in [0.2, 0.25) is 5.02 Å². The molecule has 2 rings (SSSR count). The van der Waals surface area contributed by atoms with Gasteiger partial charge in [0, 0.05) is 16.8 Å². The number of carboxylic acids is 1. The van der Waals surface area contributed by atoms with Crippen molar-refractivity contribution in [3.05, 3.63) is 33.3 Å². The summed E-state index contributed by atoms with van der Waals surface area (Å²) in [4.78, 5) is 21.7. The second kappa shape index (κ2) is 5.38. The lowest BCUT2D eigenvalue weighted by Crippen LogP contribution is -2.11. The summed E-state index contributed by atoms with van der Waals surface area (Å²) in [5.41, 5.74) is -0.215. The van der Waals surface area contributed by atoms with Crippen LogP contribution in [0.1, 0.15) is 19.3 Å². The lowest BCUT2D eigenvalue weighted by molar-refractivity contribution is -0.387. The quantitative estimate of drug-likeness (QED) is 0.493. The van der Waals surface area contributed by atoms with Gasteiger partial charge in [0.25, 0.3) is 5.69 Å². The van der Waals surface area contributed by atoms with Gasteiger partial charge in [0.1, 0.15) is 0 Å². The summed E-state index contributed by atoms with van der Waals surface area (Å²) in [6, 6.07) is 4.54. The molecule has 0 aliphatic heterocycles. The van der Waals surface area contributed by atoms with Crippen molar-refractivity contribution in [1.29, 1.82) is 0 Å². The molecule has 5 nitrogen and oxygen atoms in total. The first-order valence-electron chi connectivity index (χ1n) is 5.70. The molecule has 0 radical (unpaired) electrons. The van der Waals surface area contributed by atoms with Crippen molar-refractivity contribution in [1.82, 2.24) is 0 Å². The van der Waals surface area contributed by atoms with Crippen molar-refractivity contribution < 1.29 is 14.8 Å². The van der Waals surface area contributed by atoms with E-state index in [9.17, 15) is 14.9 Å². The molecule has 1 aromatic rings. The van der Waals surface area contributed by atoms with Crippen LogP contribution in [0.15, 0.2) is 23.1 Å². The Morgan fingerprint density at radius 2 is 2.21 bits per heavy atom. The van der Waals surface area contributed by atoms with Crippen LogP contribution in [0.3, 0.4) is 0 Å². The smallest absolute Gasteiger partial charge is 0.303 e. The highest BCUT2D eigenvalue weighted by Crippen LogP contribution is 2.52. The topological polar surface area (TPSA) is 80.4 Å². The summed E-state index contributed by atoms with van der Waals surface area (Å²) in [6.07, 6.45) is 1.86. The molecule has 1 saturated carbocycles. The average Bonchev–Trinajstić information content (AvgIpc) is 3.06. The third kappa shape index (κ3) is 3.61. The molecule has 0 aromatic heterocycles. The van der Waals surface area contributed by atoms with E-state index in [2.05, 4.69) is 0 Å². The van der Waals surface area contributed by atoms with Gasteiger partial charge < -0.3 is 5.11 Å². The fourth-order valence-electron chi connectivity index (χ4n) is 1.86. The second-order valence-electron chi connectivity index (χ2n) is 4.73. The van der Waals surface area contributed by atoms with Crippen molar-refractivity contribution in [3.63, 3.8) is 0 Å². The Morgan fingerprint density at radius 3 is 2.74 bits per heavy atom. The van der Waals surface area contributed by atoms with Crippen molar-refractivity contribution in [3.8, 4) is 0 Å². The summed E-state index contributed by atoms with van der Waals surface area (Å²) >= 11 is 7.07. The van der Waals surface area contributed by atoms with Crippen molar-refractivity contribution in [2.75, 3.05) is 5.75 Å². The monoisotopic (exact) mass is 301 g/mol. The predicted octanol–water partition coefficient (Wildman–Crippen LogP) is 3.60. The zero-order chi connectivity index (χ0) is 14.0. The maximum atomic E-state index is 10.9. The summed E-state index contributed by atoms with van der Waals surface area (Å²) in [6.45, 7) is 0. The molecule has 0 bridgehead atoms. The highest BCUT2D eigenvalue weighted by Gasteiger charge is 2.44. The SMILES string of the molecule is O=C(O)CC1(CSc2ccc(Cl)cc2[N+](=O)[O-])CC1. The largest absolute Gasteiger partial charge is 0.481 e. The molecule has 0 amide bonds. The van der Waals surface area contributed by atoms with Gasteiger partial charge in [-0.1, -0.05) is 11.6 Å². The molecule has 1 aliphatic rings. The molecule has 19 heavy (non-hydrogen) atoms. The molecule has 0 spiro atoms. The average molecular weight is 302 g/mol. The molecule has 0 atom stereocenters. The van der Waals surface area contributed by atoms with Crippen LogP contribution < -0.4 is 0 Å². The summed E-state index contributed by atoms with van der Waals surface area (Å²) in [7, 11) is 0. The standard InChI is InChI=1S/C12H12ClNO4S/c13-8-1-2-10(9(5-8)14(17)18)19-7-12(3-4-12)6-11(15)16/h1-2,5H,3-4,6-7H2,(H,15,16). The molecule has 0 unspecified atom stereocenters. The van der Waals surface area contributed by atoms with Crippen LogP contribution in [-0.4, -0.2) is 21.8 Å². The van der Waals surface area contributed by atoms with E-state index in [-0.39, 0.29) is 17.5 Å². The Hall–Kier alpha value is -1.27. The molecular weight excluding hydrogens is 290 g/mol. The lowest BCUT2D eigenvalue weighted by Gasteiger charge is -2.11. The number of thioether (sulfide) groups is 1. The van der Waals surface area contributed by atoms with E-state index >= 15 is 0 Å². The number of nitro benzene ring substituents is 1. The van der Waals surface area contributed by atoms with E-state index in [0.717, 1.165) is 12.8 Å². The Kier molecular flexibility index (Phi) is 4.01. The number of halogens is 1. The van der Waals surface area contributed by atoms with Gasteiger partial charge in [-0.15, -0.1) is 11.8 Å². The minimum absolute atomic E-state index is 0.0244. The molecule has 0 saturated heterocycles. The lowest BCUT2D eigenvalue weighted by atomic mass is 10.1. The zero-order valence-corrected chi connectivity index (χ0v) is 11.5. The van der Waals surface area contributed by atoms with Crippen LogP contribution in [0.25, 0.3) is 0 Å². The number of benzene rings is 1. The minimum atomic E-state index is -0.816. The van der Waals surface area contributed by atoms with Crippen LogP contribution in [0.4, 0.5) is 5.69 Å². The molecule has 0 heterocycles. The van der Waals surface area contributed by atoms with Crippen LogP contribution in [0.5, 0.6) is 0 Å². The number of carbonyl (C=O) groups is 1. The van der Waals surface area contributed by atoms with Crippen LogP contribution >= 0.6 is 23.4 Å². The number of hydrogen-bond acceptors (Lipinski definition) is 4. The maximum Gasteiger partial charge on any atom is 0.303 e. The van der Waals surface area contributed by atoms with Gasteiger partial charge >= 0.3 is 5.97 Å². The molecule has 1 aliphatic carbocycles. The highest BCUT2D eigenvalue weighted by atomic mass is 35.5. The molecule has 1 fully saturated rings. The Labute approximate surface area is 119 Å². The van der Waals surface area contributed by atoms with Gasteiger partial charge in [0.15, 0.2) is 0 Å². The van der Waals surface area contributed by atoms with Gasteiger partial charge in [-0.2, -0.15) is 0 Å². The number of hydrogen-bond donors (Lipinski definition) is 1. The van der Waals surface area contributed by atoms with Crippen molar-refractivity contribution >= 4 is 35.0 Å². The second-order valence-corrected chi connectivity index (χ2v) is 6.18. The minimum Gasteiger partial charge on any atom is -0.481 e. The van der Waals surface area contributed by atoms with E-state index < -0.39 is 10.9 Å². The van der Waals surface area contributed by atoms with Crippen LogP contribution in [-0.2, 0) is 4.79 Å². The molecule has 102 valence electrons. The number of nitrogens with zero attached hydrogens (tertiary/aromatic N) is 1. The van der Waals surface area contributed by atoms with E-state index in [1.165, 1.54) is 17.8 Å². The Balaban J connectivity index is 2.08. The first-order valence-corrected chi connectivity index (χ1v) is 7.07. The summed E-state index contributed by atoms with van der Waals surface area (Å²) in [5.74, 6) is -0.231. The van der Waals surface area contributed by atoms with Gasteiger partial charge in [-0.25, -0.2) is 0 Å². The zero-order valence-electron chi connectivity index (χ0n) is 9.97. The summed E-state index contributed by atoms with van der Waals surface area (Å²) < 4.78 is 0. The Morgan fingerprint density at radius 1 is 1.53 bits per heavy atom. The summed E-state index contributed by atoms with van der Waals surface area (Å²) in [5, 5.41) is 20.1. The van der Waals surface area contributed by atoms with Gasteiger partial charge in [0.05, 0.1) is 16.2 Å². The molecule has 1 aromatic carbocycles. The van der Waals surface area contributed by atoms with Gasteiger partial charge in [-0.3, -0.25) is 14.9 Å². The molecular formula is C12H12ClNO4S. The predicted molar refractivity (Wildman–Crippen MR) is 72.8 cm³/mol. The normalized spacial score (nSPS) is 16.1. The number of carboxylic acid groups (broad SMARTS) is 1. The van der Waals surface area contributed by atoms with Crippen molar-refractivity contribution in [2.24, 2.45) is 5.41 Å². The fourth-order valence-corrected chi connectivity index (χ4v) is 3.32. The third-order valence-electron chi connectivity index (χ3n) is 3.13. The molecule has 1 N–H and O–H groups in total. The van der Waals surface area contributed by atoms with Gasteiger partial charge in [0.2, 0.25) is 0 Å². The highest BCUT2D eigenvalue weighted by molar-refractivity contribution is 7.99. The van der Waals surface area contributed by atoms with E-state index in [1.807, 2.05) is 0 Å². The van der Waals surface area contributed by atoms with E-state index in [4.69, 9.17) is 16.7 Å². The number of nitro groups is 1. The first-order chi connectivity index (χ1) is 8.92. The number of rotatable bonds is 6. The number of aliphatic carboxylic acids is 1. The fraction of sp³-hybridized carbons (Fsp3) is 0.417.